The molecule has 5 nitrogen and oxygen atoms in total. The highest BCUT2D eigenvalue weighted by atomic mass is 16.2. The van der Waals surface area contributed by atoms with E-state index >= 15 is 0 Å². The third-order valence-electron chi connectivity index (χ3n) is 3.90. The Labute approximate surface area is 131 Å². The molecule has 2 N–H and O–H groups in total. The van der Waals surface area contributed by atoms with Crippen LogP contribution in [0.25, 0.3) is 11.4 Å². The molecule has 1 atom stereocenters. The molecule has 0 amide bonds. The number of unbranched alkanes of at least 4 members (excludes halogenated alkanes) is 1. The summed E-state index contributed by atoms with van der Waals surface area (Å²) >= 11 is 0. The van der Waals surface area contributed by atoms with Gasteiger partial charge in [-0.25, -0.2) is 0 Å². The molecule has 0 bridgehead atoms. The predicted molar refractivity (Wildman–Crippen MR) is 88.5 cm³/mol. The molecule has 0 aliphatic rings. The molecule has 1 aromatic carbocycles. The number of aryl methyl sites for hydroxylation is 1. The fraction of sp³-hybridized carbons (Fsp3) is 0.471. The van der Waals surface area contributed by atoms with Crippen LogP contribution >= 0.6 is 0 Å². The zero-order chi connectivity index (χ0) is 16.1. The van der Waals surface area contributed by atoms with Crippen LogP contribution < -0.4 is 5.73 Å². The summed E-state index contributed by atoms with van der Waals surface area (Å²) < 4.78 is 1.26. The van der Waals surface area contributed by atoms with E-state index in [1.807, 2.05) is 38.1 Å². The normalized spacial score (nSPS) is 12.3. The van der Waals surface area contributed by atoms with E-state index in [9.17, 15) is 4.79 Å². The van der Waals surface area contributed by atoms with Gasteiger partial charge in [-0.15, -0.1) is 5.10 Å². The van der Waals surface area contributed by atoms with Gasteiger partial charge in [0.05, 0.1) is 0 Å². The van der Waals surface area contributed by atoms with Crippen LogP contribution in [-0.4, -0.2) is 20.7 Å². The van der Waals surface area contributed by atoms with Gasteiger partial charge >= 0.3 is 0 Å². The maximum atomic E-state index is 12.6. The Morgan fingerprint density at radius 2 is 1.95 bits per heavy atom. The second-order valence-corrected chi connectivity index (χ2v) is 5.66. The molecule has 0 aliphatic heterocycles. The fourth-order valence-electron chi connectivity index (χ4n) is 2.44. The van der Waals surface area contributed by atoms with E-state index in [0.29, 0.717) is 5.82 Å². The number of aromatic nitrogens is 3. The van der Waals surface area contributed by atoms with E-state index in [1.54, 1.807) is 0 Å². The number of nitrogens with two attached hydrogens (primary N) is 1. The van der Waals surface area contributed by atoms with Crippen molar-refractivity contribution in [1.29, 1.82) is 0 Å². The zero-order valence-corrected chi connectivity index (χ0v) is 13.5. The summed E-state index contributed by atoms with van der Waals surface area (Å²) in [5.41, 5.74) is 7.93. The summed E-state index contributed by atoms with van der Waals surface area (Å²) in [4.78, 5) is 16.8. The van der Waals surface area contributed by atoms with Gasteiger partial charge in [0.1, 0.15) is 0 Å². The first kappa shape index (κ1) is 16.2. The molecular formula is C17H24N4O. The maximum Gasteiger partial charge on any atom is 0.253 e. The van der Waals surface area contributed by atoms with E-state index in [1.165, 1.54) is 4.68 Å². The Morgan fingerprint density at radius 1 is 1.27 bits per heavy atom. The Morgan fingerprint density at radius 3 is 2.55 bits per heavy atom. The first-order chi connectivity index (χ1) is 10.6. The SMILES string of the molecule is CCCC[C@@H](CC)C(=O)n1nc(-c2ccc(C)cc2)nc1N. The lowest BCUT2D eigenvalue weighted by Crippen LogP contribution is -2.24. The lowest BCUT2D eigenvalue weighted by Gasteiger charge is -2.12. The summed E-state index contributed by atoms with van der Waals surface area (Å²) in [6, 6.07) is 7.86. The van der Waals surface area contributed by atoms with E-state index in [0.717, 1.165) is 36.8 Å². The first-order valence-corrected chi connectivity index (χ1v) is 7.90. The van der Waals surface area contributed by atoms with E-state index in [2.05, 4.69) is 17.0 Å². The number of rotatable bonds is 6. The summed E-state index contributed by atoms with van der Waals surface area (Å²) in [5.74, 6) is 0.556. The molecule has 0 spiro atoms. The van der Waals surface area contributed by atoms with E-state index < -0.39 is 0 Å². The van der Waals surface area contributed by atoms with Crippen LogP contribution in [0, 0.1) is 12.8 Å². The standard InChI is InChI=1S/C17H24N4O/c1-4-6-7-13(5-2)16(22)21-17(18)19-15(20-21)14-10-8-12(3)9-11-14/h8-11,13H,4-7H2,1-3H3,(H2,18,19,20)/t13-/m1/s1. The molecule has 0 unspecified atom stereocenters. The van der Waals surface area contributed by atoms with E-state index in [4.69, 9.17) is 5.73 Å². The van der Waals surface area contributed by atoms with Gasteiger partial charge in [-0.05, 0) is 19.8 Å². The Kier molecular flexibility index (Phi) is 5.31. The van der Waals surface area contributed by atoms with Crippen molar-refractivity contribution in [1.82, 2.24) is 14.8 Å². The molecular weight excluding hydrogens is 276 g/mol. The van der Waals surface area contributed by atoms with E-state index in [-0.39, 0.29) is 17.8 Å². The molecule has 0 saturated carbocycles. The van der Waals surface area contributed by atoms with Crippen molar-refractivity contribution in [2.24, 2.45) is 5.92 Å². The average molecular weight is 300 g/mol. The number of anilines is 1. The maximum absolute atomic E-state index is 12.6. The minimum atomic E-state index is -0.0562. The average Bonchev–Trinajstić information content (AvgIpc) is 2.90. The number of benzene rings is 1. The Balaban J connectivity index is 2.25. The Hall–Kier alpha value is -2.17. The molecule has 1 aromatic heterocycles. The number of carbonyl (C=O) groups excluding carboxylic acids is 1. The second kappa shape index (κ2) is 7.20. The van der Waals surface area contributed by atoms with Gasteiger partial charge < -0.3 is 5.73 Å². The van der Waals surface area contributed by atoms with Crippen LogP contribution in [0.1, 0.15) is 49.9 Å². The van der Waals surface area contributed by atoms with Crippen LogP contribution in [0.4, 0.5) is 5.95 Å². The van der Waals surface area contributed by atoms with Gasteiger partial charge in [-0.2, -0.15) is 9.67 Å². The molecule has 22 heavy (non-hydrogen) atoms. The van der Waals surface area contributed by atoms with Crippen molar-refractivity contribution in [3.8, 4) is 11.4 Å². The van der Waals surface area contributed by atoms with Gasteiger partial charge in [0, 0.05) is 11.5 Å². The van der Waals surface area contributed by atoms with Crippen LogP contribution in [0.15, 0.2) is 24.3 Å². The molecule has 0 aliphatic carbocycles. The highest BCUT2D eigenvalue weighted by Crippen LogP contribution is 2.20. The number of hydrogen-bond acceptors (Lipinski definition) is 4. The van der Waals surface area contributed by atoms with Gasteiger partial charge in [0.2, 0.25) is 5.95 Å². The van der Waals surface area contributed by atoms with Gasteiger partial charge in [0.15, 0.2) is 5.82 Å². The van der Waals surface area contributed by atoms with Gasteiger partial charge in [-0.3, -0.25) is 4.79 Å². The first-order valence-electron chi connectivity index (χ1n) is 7.90. The third kappa shape index (κ3) is 3.53. The quantitative estimate of drug-likeness (QED) is 0.883. The molecule has 0 saturated heterocycles. The third-order valence-corrected chi connectivity index (χ3v) is 3.90. The number of nitrogen functional groups attached to an aromatic ring is 1. The van der Waals surface area contributed by atoms with Crippen LogP contribution in [0.2, 0.25) is 0 Å². The number of nitrogens with zero attached hydrogens (tertiary/aromatic N) is 3. The lowest BCUT2D eigenvalue weighted by molar-refractivity contribution is 0.0807. The summed E-state index contributed by atoms with van der Waals surface area (Å²) in [6.07, 6.45) is 3.76. The highest BCUT2D eigenvalue weighted by Gasteiger charge is 2.22. The second-order valence-electron chi connectivity index (χ2n) is 5.66. The topological polar surface area (TPSA) is 73.8 Å². The summed E-state index contributed by atoms with van der Waals surface area (Å²) in [7, 11) is 0. The van der Waals surface area contributed by atoms with Gasteiger partial charge in [0.25, 0.3) is 5.91 Å². The van der Waals surface area contributed by atoms with Crippen molar-refractivity contribution in [2.45, 2.75) is 46.5 Å². The zero-order valence-electron chi connectivity index (χ0n) is 13.5. The summed E-state index contributed by atoms with van der Waals surface area (Å²) in [5, 5.41) is 4.32. The molecule has 0 fully saturated rings. The number of hydrogen-bond donors (Lipinski definition) is 1. The molecule has 118 valence electrons. The van der Waals surface area contributed by atoms with Crippen molar-refractivity contribution >= 4 is 11.9 Å². The van der Waals surface area contributed by atoms with Crippen LogP contribution in [-0.2, 0) is 0 Å². The Bertz CT molecular complexity index is 631. The largest absolute Gasteiger partial charge is 0.368 e. The molecule has 2 rings (SSSR count). The monoisotopic (exact) mass is 300 g/mol. The fourth-order valence-corrected chi connectivity index (χ4v) is 2.44. The lowest BCUT2D eigenvalue weighted by atomic mass is 9.99. The molecule has 1 heterocycles. The van der Waals surface area contributed by atoms with Crippen molar-refractivity contribution in [2.75, 3.05) is 5.73 Å². The minimum absolute atomic E-state index is 0.0465. The molecule has 5 heteroatoms. The smallest absolute Gasteiger partial charge is 0.253 e. The highest BCUT2D eigenvalue weighted by molar-refractivity contribution is 5.83. The van der Waals surface area contributed by atoms with Gasteiger partial charge in [-0.1, -0.05) is 56.5 Å². The van der Waals surface area contributed by atoms with Crippen LogP contribution in [0.3, 0.4) is 0 Å². The predicted octanol–water partition coefficient (Wildman–Crippen LogP) is 3.69. The minimum Gasteiger partial charge on any atom is -0.368 e. The van der Waals surface area contributed by atoms with Crippen molar-refractivity contribution in [3.63, 3.8) is 0 Å². The van der Waals surface area contributed by atoms with Crippen LogP contribution in [0.5, 0.6) is 0 Å². The van der Waals surface area contributed by atoms with Crippen molar-refractivity contribution in [3.05, 3.63) is 29.8 Å². The molecule has 2 aromatic rings. The number of carbonyl (C=O) groups is 1. The van der Waals surface area contributed by atoms with Crippen molar-refractivity contribution < 1.29 is 4.79 Å². The molecule has 0 radical (unpaired) electrons. The summed E-state index contributed by atoms with van der Waals surface area (Å²) in [6.45, 7) is 6.16.